The maximum Gasteiger partial charge on any atom is 0.286 e. The van der Waals surface area contributed by atoms with Crippen molar-refractivity contribution in [2.45, 2.75) is 52.0 Å². The molecule has 0 radical (unpaired) electrons. The number of para-hydroxylation sites is 2. The second-order valence-electron chi connectivity index (χ2n) is 6.57. The van der Waals surface area contributed by atoms with Gasteiger partial charge >= 0.3 is 0 Å². The number of amides is 1. The molecule has 1 aromatic carbocycles. The summed E-state index contributed by atoms with van der Waals surface area (Å²) in [6.45, 7) is 3.85. The zero-order valence-electron chi connectivity index (χ0n) is 15.4. The molecule has 0 fully saturated rings. The van der Waals surface area contributed by atoms with Crippen molar-refractivity contribution < 1.29 is 9.21 Å². The second kappa shape index (κ2) is 9.22. The molecule has 0 aliphatic heterocycles. The lowest BCUT2D eigenvalue weighted by atomic mass is 10.2. The van der Waals surface area contributed by atoms with Crippen LogP contribution in [0.5, 0.6) is 0 Å². The van der Waals surface area contributed by atoms with Gasteiger partial charge in [0.2, 0.25) is 0 Å². The highest BCUT2D eigenvalue weighted by atomic mass is 16.3. The number of hydrogen-bond acceptors (Lipinski definition) is 3. The zero-order valence-corrected chi connectivity index (χ0v) is 15.4. The quantitative estimate of drug-likeness (QED) is 0.543. The van der Waals surface area contributed by atoms with Crippen LogP contribution in [0.15, 0.2) is 47.1 Å². The number of aromatic nitrogens is 2. The van der Waals surface area contributed by atoms with Crippen molar-refractivity contribution >= 4 is 16.9 Å². The average molecular weight is 353 g/mol. The molecule has 0 saturated carbocycles. The summed E-state index contributed by atoms with van der Waals surface area (Å²) < 4.78 is 7.45. The molecule has 2 heterocycles. The smallest absolute Gasteiger partial charge is 0.286 e. The molecule has 0 atom stereocenters. The number of rotatable bonds is 10. The molecule has 5 nitrogen and oxygen atoms in total. The minimum absolute atomic E-state index is 0.164. The number of fused-ring (bicyclic) bond motifs is 1. The van der Waals surface area contributed by atoms with Crippen molar-refractivity contribution in [2.75, 3.05) is 6.54 Å². The lowest BCUT2D eigenvalue weighted by Gasteiger charge is -2.09. The molecule has 26 heavy (non-hydrogen) atoms. The number of imidazole rings is 1. The Hall–Kier alpha value is -2.56. The van der Waals surface area contributed by atoms with Crippen molar-refractivity contribution in [2.24, 2.45) is 0 Å². The van der Waals surface area contributed by atoms with E-state index < -0.39 is 0 Å². The van der Waals surface area contributed by atoms with Gasteiger partial charge in [0.05, 0.1) is 17.3 Å². The van der Waals surface area contributed by atoms with Crippen LogP contribution in [0.25, 0.3) is 11.0 Å². The number of carbonyl (C=O) groups is 1. The zero-order chi connectivity index (χ0) is 18.2. The van der Waals surface area contributed by atoms with E-state index in [1.54, 1.807) is 12.1 Å². The summed E-state index contributed by atoms with van der Waals surface area (Å²) in [6, 6.07) is 11.7. The Balaban J connectivity index is 1.58. The van der Waals surface area contributed by atoms with E-state index in [1.165, 1.54) is 37.5 Å². The van der Waals surface area contributed by atoms with Crippen molar-refractivity contribution in [1.82, 2.24) is 14.9 Å². The van der Waals surface area contributed by atoms with E-state index in [0.29, 0.717) is 12.3 Å². The molecule has 3 rings (SSSR count). The van der Waals surface area contributed by atoms with Crippen molar-refractivity contribution in [1.29, 1.82) is 0 Å². The SMILES string of the molecule is CCCCCCn1c(CCCNC(=O)c2ccco2)nc2ccccc21. The third-order valence-electron chi connectivity index (χ3n) is 4.58. The molecule has 138 valence electrons. The molecule has 2 aromatic heterocycles. The molecule has 5 heteroatoms. The number of hydrogen-bond donors (Lipinski definition) is 1. The molecule has 0 bridgehead atoms. The lowest BCUT2D eigenvalue weighted by Crippen LogP contribution is -2.24. The van der Waals surface area contributed by atoms with E-state index in [-0.39, 0.29) is 5.91 Å². The maximum absolute atomic E-state index is 11.9. The summed E-state index contributed by atoms with van der Waals surface area (Å²) in [4.78, 5) is 16.7. The van der Waals surface area contributed by atoms with Gasteiger partial charge in [-0.25, -0.2) is 4.98 Å². The highest BCUT2D eigenvalue weighted by molar-refractivity contribution is 5.91. The number of furan rings is 1. The Morgan fingerprint density at radius 1 is 1.12 bits per heavy atom. The average Bonchev–Trinajstić information content (AvgIpc) is 3.30. The summed E-state index contributed by atoms with van der Waals surface area (Å²) in [7, 11) is 0. The molecular weight excluding hydrogens is 326 g/mol. The highest BCUT2D eigenvalue weighted by Gasteiger charge is 2.11. The molecule has 3 aromatic rings. The van der Waals surface area contributed by atoms with Gasteiger partial charge in [-0.2, -0.15) is 0 Å². The van der Waals surface area contributed by atoms with Gasteiger partial charge in [0.1, 0.15) is 5.82 Å². The third kappa shape index (κ3) is 4.54. The van der Waals surface area contributed by atoms with Gasteiger partial charge in [-0.1, -0.05) is 38.3 Å². The number of nitrogens with zero attached hydrogens (tertiary/aromatic N) is 2. The Morgan fingerprint density at radius 3 is 2.81 bits per heavy atom. The second-order valence-corrected chi connectivity index (χ2v) is 6.57. The molecule has 0 aliphatic carbocycles. The molecule has 1 N–H and O–H groups in total. The first-order chi connectivity index (χ1) is 12.8. The van der Waals surface area contributed by atoms with Gasteiger partial charge in [0.15, 0.2) is 5.76 Å². The monoisotopic (exact) mass is 353 g/mol. The highest BCUT2D eigenvalue weighted by Crippen LogP contribution is 2.18. The number of aryl methyl sites for hydroxylation is 2. The summed E-state index contributed by atoms with van der Waals surface area (Å²) in [5.74, 6) is 1.30. The van der Waals surface area contributed by atoms with Crippen molar-refractivity contribution in [3.05, 3.63) is 54.2 Å². The Bertz CT molecular complexity index is 821. The summed E-state index contributed by atoms with van der Waals surface area (Å²) in [5.41, 5.74) is 2.26. The van der Waals surface area contributed by atoms with Gasteiger partial charge in [-0.05, 0) is 37.1 Å². The van der Waals surface area contributed by atoms with E-state index >= 15 is 0 Å². The van der Waals surface area contributed by atoms with Crippen LogP contribution in [0, 0.1) is 0 Å². The number of nitrogens with one attached hydrogen (secondary N) is 1. The van der Waals surface area contributed by atoms with Crippen LogP contribution < -0.4 is 5.32 Å². The summed E-state index contributed by atoms with van der Waals surface area (Å²) in [6.07, 6.45) is 8.16. The fraction of sp³-hybridized carbons (Fsp3) is 0.429. The molecule has 0 saturated heterocycles. The Morgan fingerprint density at radius 2 is 2.00 bits per heavy atom. The first-order valence-corrected chi connectivity index (χ1v) is 9.55. The summed E-state index contributed by atoms with van der Waals surface area (Å²) in [5, 5.41) is 2.90. The van der Waals surface area contributed by atoms with E-state index in [0.717, 1.165) is 30.7 Å². The van der Waals surface area contributed by atoms with Crippen LogP contribution in [-0.2, 0) is 13.0 Å². The summed E-state index contributed by atoms with van der Waals surface area (Å²) >= 11 is 0. The minimum Gasteiger partial charge on any atom is -0.459 e. The van der Waals surface area contributed by atoms with Crippen LogP contribution in [0.2, 0.25) is 0 Å². The van der Waals surface area contributed by atoms with Crippen molar-refractivity contribution in [3.63, 3.8) is 0 Å². The van der Waals surface area contributed by atoms with E-state index in [4.69, 9.17) is 9.40 Å². The molecule has 1 amide bonds. The predicted octanol–water partition coefficient (Wildman–Crippen LogP) is 4.57. The van der Waals surface area contributed by atoms with Crippen LogP contribution >= 0.6 is 0 Å². The standard InChI is InChI=1S/C21H27N3O2/c1-2-3-4-7-15-24-18-11-6-5-10-17(18)23-20(24)13-8-14-22-21(25)19-12-9-16-26-19/h5-6,9-12,16H,2-4,7-8,13-15H2,1H3,(H,22,25). The van der Waals surface area contributed by atoms with Crippen LogP contribution in [0.3, 0.4) is 0 Å². The number of unbranched alkanes of at least 4 members (excludes halogenated alkanes) is 3. The molecule has 0 aliphatic rings. The molecule has 0 unspecified atom stereocenters. The van der Waals surface area contributed by atoms with Crippen molar-refractivity contribution in [3.8, 4) is 0 Å². The first-order valence-electron chi connectivity index (χ1n) is 9.55. The predicted molar refractivity (Wildman–Crippen MR) is 103 cm³/mol. The van der Waals surface area contributed by atoms with E-state index in [2.05, 4.69) is 35.0 Å². The largest absolute Gasteiger partial charge is 0.459 e. The van der Waals surface area contributed by atoms with E-state index in [9.17, 15) is 4.79 Å². The number of benzene rings is 1. The van der Waals surface area contributed by atoms with Crippen LogP contribution in [-0.4, -0.2) is 22.0 Å². The van der Waals surface area contributed by atoms with Crippen LogP contribution in [0.1, 0.15) is 55.4 Å². The van der Waals surface area contributed by atoms with E-state index in [1.807, 2.05) is 6.07 Å². The minimum atomic E-state index is -0.164. The lowest BCUT2D eigenvalue weighted by molar-refractivity contribution is 0.0925. The van der Waals surface area contributed by atoms with Crippen LogP contribution in [0.4, 0.5) is 0 Å². The fourth-order valence-electron chi connectivity index (χ4n) is 3.21. The topological polar surface area (TPSA) is 60.1 Å². The number of carbonyl (C=O) groups excluding carboxylic acids is 1. The Labute approximate surface area is 154 Å². The van der Waals surface area contributed by atoms with Gasteiger partial charge in [0.25, 0.3) is 5.91 Å². The maximum atomic E-state index is 11.9. The molecule has 0 spiro atoms. The Kier molecular flexibility index (Phi) is 6.47. The van der Waals surface area contributed by atoms with Gasteiger partial charge in [0, 0.05) is 19.5 Å². The van der Waals surface area contributed by atoms with Gasteiger partial charge in [-0.15, -0.1) is 0 Å². The van der Waals surface area contributed by atoms with Gasteiger partial charge in [-0.3, -0.25) is 4.79 Å². The molecular formula is C21H27N3O2. The third-order valence-corrected chi connectivity index (χ3v) is 4.58. The normalized spacial score (nSPS) is 11.1. The van der Waals surface area contributed by atoms with Gasteiger partial charge < -0.3 is 14.3 Å². The fourth-order valence-corrected chi connectivity index (χ4v) is 3.21. The first kappa shape index (κ1) is 18.2.